The molecule has 5 nitrogen and oxygen atoms in total. The molecule has 0 heterocycles. The van der Waals surface area contributed by atoms with Gasteiger partial charge in [-0.1, -0.05) is 36.4 Å². The molecule has 28 heavy (non-hydrogen) atoms. The number of esters is 1. The van der Waals surface area contributed by atoms with E-state index in [9.17, 15) is 19.8 Å². The largest absolute Gasteiger partial charge is 0.507 e. The number of hydrogen-bond acceptors (Lipinski definition) is 5. The van der Waals surface area contributed by atoms with E-state index in [-0.39, 0.29) is 28.4 Å². The summed E-state index contributed by atoms with van der Waals surface area (Å²) in [7, 11) is 1.33. The van der Waals surface area contributed by atoms with Gasteiger partial charge in [-0.2, -0.15) is 0 Å². The van der Waals surface area contributed by atoms with Crippen LogP contribution in [0.1, 0.15) is 48.5 Å². The topological polar surface area (TPSA) is 83.8 Å². The van der Waals surface area contributed by atoms with Gasteiger partial charge in [0, 0.05) is 6.42 Å². The average molecular weight is 374 g/mol. The van der Waals surface area contributed by atoms with Gasteiger partial charge in [-0.05, 0) is 46.9 Å². The highest BCUT2D eigenvalue weighted by atomic mass is 16.5. The second kappa shape index (κ2) is 6.85. The van der Waals surface area contributed by atoms with Crippen molar-refractivity contribution in [3.8, 4) is 11.5 Å². The van der Waals surface area contributed by atoms with Crippen molar-refractivity contribution in [3.63, 3.8) is 0 Å². The van der Waals surface area contributed by atoms with Crippen LogP contribution in [0.3, 0.4) is 0 Å². The van der Waals surface area contributed by atoms with Crippen LogP contribution in [0, 0.1) is 0 Å². The molecule has 0 spiro atoms. The van der Waals surface area contributed by atoms with Crippen molar-refractivity contribution in [2.75, 3.05) is 7.11 Å². The van der Waals surface area contributed by atoms with Crippen LogP contribution in [0.25, 0.3) is 0 Å². The van der Waals surface area contributed by atoms with Crippen molar-refractivity contribution >= 4 is 11.8 Å². The van der Waals surface area contributed by atoms with Gasteiger partial charge in [0.1, 0.15) is 11.5 Å². The van der Waals surface area contributed by atoms with Gasteiger partial charge in [0.15, 0.2) is 0 Å². The Labute approximate surface area is 161 Å². The lowest BCUT2D eigenvalue weighted by molar-refractivity contribution is 0.0600. The zero-order chi connectivity index (χ0) is 19.8. The Morgan fingerprint density at radius 1 is 0.964 bits per heavy atom. The molecule has 0 fully saturated rings. The number of ketones is 1. The number of carbonyl (C=O) groups excluding carboxylic acids is 2. The molecule has 0 saturated carbocycles. The van der Waals surface area contributed by atoms with Crippen molar-refractivity contribution in [2.24, 2.45) is 0 Å². The highest BCUT2D eigenvalue weighted by molar-refractivity contribution is 6.15. The predicted octanol–water partition coefficient (Wildman–Crippen LogP) is 3.61. The summed E-state index contributed by atoms with van der Waals surface area (Å²) >= 11 is 0. The molecule has 2 N–H and O–H groups in total. The SMILES string of the molecule is COC(=O)c1ccc(Cc2ccc3c(c2O)C(=O)c2c(O)cccc2C3)cc1. The van der Waals surface area contributed by atoms with Crippen LogP contribution in [0.5, 0.6) is 11.5 Å². The molecule has 0 aromatic heterocycles. The summed E-state index contributed by atoms with van der Waals surface area (Å²) in [5, 5.41) is 20.9. The Bertz CT molecular complexity index is 1100. The highest BCUT2D eigenvalue weighted by Gasteiger charge is 2.29. The molecule has 0 radical (unpaired) electrons. The Balaban J connectivity index is 1.68. The van der Waals surface area contributed by atoms with Crippen LogP contribution in [0.2, 0.25) is 0 Å². The number of carbonyl (C=O) groups is 2. The number of rotatable bonds is 3. The van der Waals surface area contributed by atoms with E-state index < -0.39 is 5.97 Å². The molecule has 3 aromatic carbocycles. The molecule has 1 aliphatic rings. The average Bonchev–Trinajstić information content (AvgIpc) is 2.70. The maximum Gasteiger partial charge on any atom is 0.337 e. The second-order valence-electron chi connectivity index (χ2n) is 6.79. The maximum atomic E-state index is 12.9. The predicted molar refractivity (Wildman–Crippen MR) is 103 cm³/mol. The molecule has 0 saturated heterocycles. The summed E-state index contributed by atoms with van der Waals surface area (Å²) < 4.78 is 4.69. The van der Waals surface area contributed by atoms with Crippen molar-refractivity contribution in [1.82, 2.24) is 0 Å². The number of phenolic OH excluding ortho intramolecular Hbond substituents is 2. The smallest absolute Gasteiger partial charge is 0.337 e. The maximum absolute atomic E-state index is 12.9. The molecular weight excluding hydrogens is 356 g/mol. The minimum absolute atomic E-state index is 0.0616. The van der Waals surface area contributed by atoms with Crippen molar-refractivity contribution in [3.05, 3.63) is 93.5 Å². The van der Waals surface area contributed by atoms with E-state index >= 15 is 0 Å². The highest BCUT2D eigenvalue weighted by Crippen LogP contribution is 2.38. The van der Waals surface area contributed by atoms with E-state index in [4.69, 9.17) is 0 Å². The fourth-order valence-electron chi connectivity index (χ4n) is 3.64. The van der Waals surface area contributed by atoms with Crippen LogP contribution in [0.4, 0.5) is 0 Å². The van der Waals surface area contributed by atoms with Crippen molar-refractivity contribution in [2.45, 2.75) is 12.8 Å². The third-order valence-corrected chi connectivity index (χ3v) is 5.08. The fourth-order valence-corrected chi connectivity index (χ4v) is 3.64. The molecule has 1 aliphatic carbocycles. The van der Waals surface area contributed by atoms with Crippen LogP contribution in [-0.4, -0.2) is 29.1 Å². The lowest BCUT2D eigenvalue weighted by Gasteiger charge is -2.21. The third kappa shape index (κ3) is 2.91. The quantitative estimate of drug-likeness (QED) is 0.535. The van der Waals surface area contributed by atoms with Crippen molar-refractivity contribution < 1.29 is 24.5 Å². The summed E-state index contributed by atoms with van der Waals surface area (Å²) in [5.41, 5.74) is 3.94. The standard InChI is InChI=1S/C23H18O5/c1-28-23(27)14-7-5-13(6-8-14)11-17-10-9-16-12-15-3-2-4-18(24)19(15)22(26)20(16)21(17)25/h2-10,24-25H,11-12H2,1H3. The monoisotopic (exact) mass is 374 g/mol. The Morgan fingerprint density at radius 2 is 1.68 bits per heavy atom. The summed E-state index contributed by atoms with van der Waals surface area (Å²) in [6.07, 6.45) is 0.883. The van der Waals surface area contributed by atoms with Gasteiger partial charge >= 0.3 is 5.97 Å². The third-order valence-electron chi connectivity index (χ3n) is 5.08. The zero-order valence-corrected chi connectivity index (χ0v) is 15.2. The van der Waals surface area contributed by atoms with Gasteiger partial charge in [0.05, 0.1) is 23.8 Å². The van der Waals surface area contributed by atoms with Crippen LogP contribution >= 0.6 is 0 Å². The summed E-state index contributed by atoms with van der Waals surface area (Å²) in [6, 6.07) is 15.5. The molecule has 3 aromatic rings. The summed E-state index contributed by atoms with van der Waals surface area (Å²) in [5.74, 6) is -0.910. The number of ether oxygens (including phenoxy) is 1. The molecule has 0 unspecified atom stereocenters. The zero-order valence-electron chi connectivity index (χ0n) is 15.2. The Morgan fingerprint density at radius 3 is 2.39 bits per heavy atom. The van der Waals surface area contributed by atoms with Gasteiger partial charge in [-0.15, -0.1) is 0 Å². The van der Waals surface area contributed by atoms with E-state index in [1.54, 1.807) is 30.3 Å². The first-order valence-corrected chi connectivity index (χ1v) is 8.86. The Hall–Kier alpha value is -3.60. The molecule has 0 aliphatic heterocycles. The number of benzene rings is 3. The van der Waals surface area contributed by atoms with Crippen LogP contribution in [0.15, 0.2) is 54.6 Å². The Kier molecular flexibility index (Phi) is 4.35. The number of methoxy groups -OCH3 is 1. The van der Waals surface area contributed by atoms with Crippen molar-refractivity contribution in [1.29, 1.82) is 0 Å². The number of phenols is 2. The summed E-state index contributed by atoms with van der Waals surface area (Å²) in [6.45, 7) is 0. The molecule has 4 rings (SSSR count). The molecule has 0 atom stereocenters. The van der Waals surface area contributed by atoms with Gasteiger partial charge in [-0.25, -0.2) is 4.79 Å². The van der Waals surface area contributed by atoms with E-state index in [0.29, 0.717) is 24.0 Å². The van der Waals surface area contributed by atoms with E-state index in [2.05, 4.69) is 4.74 Å². The first-order chi connectivity index (χ1) is 13.5. The second-order valence-corrected chi connectivity index (χ2v) is 6.79. The van der Waals surface area contributed by atoms with Gasteiger partial charge in [-0.3, -0.25) is 4.79 Å². The minimum Gasteiger partial charge on any atom is -0.507 e. The molecule has 0 amide bonds. The fraction of sp³-hybridized carbons (Fsp3) is 0.130. The minimum atomic E-state index is -0.410. The first-order valence-electron chi connectivity index (χ1n) is 8.86. The number of aromatic hydroxyl groups is 2. The van der Waals surface area contributed by atoms with Gasteiger partial charge < -0.3 is 14.9 Å². The van der Waals surface area contributed by atoms with E-state index in [1.165, 1.54) is 13.2 Å². The first kappa shape index (κ1) is 17.8. The molecule has 140 valence electrons. The number of hydrogen-bond donors (Lipinski definition) is 2. The van der Waals surface area contributed by atoms with Gasteiger partial charge in [0.25, 0.3) is 0 Å². The summed E-state index contributed by atoms with van der Waals surface area (Å²) in [4.78, 5) is 24.5. The van der Waals surface area contributed by atoms with Crippen LogP contribution < -0.4 is 0 Å². The molecule has 5 heteroatoms. The number of fused-ring (bicyclic) bond motifs is 2. The van der Waals surface area contributed by atoms with E-state index in [0.717, 1.165) is 16.7 Å². The van der Waals surface area contributed by atoms with E-state index in [1.807, 2.05) is 18.2 Å². The molecular formula is C23H18O5. The van der Waals surface area contributed by atoms with Gasteiger partial charge in [0.2, 0.25) is 5.78 Å². The lowest BCUT2D eigenvalue weighted by atomic mass is 9.82. The lowest BCUT2D eigenvalue weighted by Crippen LogP contribution is -2.16. The van der Waals surface area contributed by atoms with Crippen LogP contribution in [-0.2, 0) is 17.6 Å². The normalized spacial score (nSPS) is 12.2. The molecule has 0 bridgehead atoms.